The highest BCUT2D eigenvalue weighted by molar-refractivity contribution is 7.13. The second-order valence-electron chi connectivity index (χ2n) is 20.6. The number of carbonyl (C=O) groups excluding carboxylic acids is 3. The molecule has 0 spiro atoms. The number of para-hydroxylation sites is 2. The molecule has 1 fully saturated rings. The number of likely N-dealkylation sites (N-methyl/N-ethyl adjacent to an activating group) is 2. The average molecular weight is 1210 g/mol. The number of H-pyrrole nitrogens is 1. The van der Waals surface area contributed by atoms with Gasteiger partial charge in [0.25, 0.3) is 23.6 Å². The number of anilines is 6. The summed E-state index contributed by atoms with van der Waals surface area (Å²) in [5.74, 6) is 1.94. The molecule has 0 atom stereocenters. The van der Waals surface area contributed by atoms with Gasteiger partial charge in [0.05, 0.1) is 46.3 Å². The van der Waals surface area contributed by atoms with E-state index in [1.165, 1.54) is 35.5 Å². The SMILES string of the molecule is COc1cccc(Oc2nn[nH]c2C(=O)N2CCN(C)c3cc(-c4cc(Cl)cc(Oc5ccsc5C(=O)N5CCN(C)c6cc(-c7cc(Cl)cc(Oc8ccsc8C(=O)N8CCN(C9CC9)c9ccccc98)c7C)ccc65)c4Cl)ccc32)c1. The van der Waals surface area contributed by atoms with Gasteiger partial charge in [0.15, 0.2) is 17.2 Å². The van der Waals surface area contributed by atoms with Gasteiger partial charge in [-0.15, -0.1) is 22.7 Å². The van der Waals surface area contributed by atoms with Crippen molar-refractivity contribution >= 4 is 109 Å². The first-order valence-corrected chi connectivity index (χ1v) is 29.7. The molecule has 1 saturated carbocycles. The van der Waals surface area contributed by atoms with Crippen molar-refractivity contribution in [3.05, 3.63) is 168 Å². The number of hydrogen-bond donors (Lipinski definition) is 1. The van der Waals surface area contributed by atoms with E-state index in [4.69, 9.17) is 53.8 Å². The molecule has 9 aromatic rings. The third-order valence-electron chi connectivity index (χ3n) is 15.5. The molecule has 0 bridgehead atoms. The van der Waals surface area contributed by atoms with Crippen molar-refractivity contribution in [2.75, 3.05) is 89.9 Å². The molecule has 0 unspecified atom stereocenters. The number of halogens is 3. The number of aromatic amines is 1. The van der Waals surface area contributed by atoms with Crippen LogP contribution in [0.4, 0.5) is 34.1 Å². The molecule has 0 radical (unpaired) electrons. The molecule has 83 heavy (non-hydrogen) atoms. The van der Waals surface area contributed by atoms with Crippen molar-refractivity contribution in [1.29, 1.82) is 0 Å². The quantitative estimate of drug-likeness (QED) is 0.117. The summed E-state index contributed by atoms with van der Waals surface area (Å²) in [6.45, 7) is 5.24. The lowest BCUT2D eigenvalue weighted by Crippen LogP contribution is -2.44. The minimum absolute atomic E-state index is 0.0309. The molecule has 0 saturated heterocycles. The topological polar surface area (TPSA) is 149 Å². The first-order chi connectivity index (χ1) is 40.3. The fraction of sp³-hybridized carbons (Fsp3) is 0.210. The van der Waals surface area contributed by atoms with Gasteiger partial charge >= 0.3 is 0 Å². The molecule has 13 rings (SSSR count). The van der Waals surface area contributed by atoms with Gasteiger partial charge in [-0.05, 0) is 132 Å². The Hall–Kier alpha value is -8.26. The van der Waals surface area contributed by atoms with Crippen molar-refractivity contribution in [1.82, 2.24) is 15.4 Å². The summed E-state index contributed by atoms with van der Waals surface area (Å²) in [5.41, 5.74) is 8.98. The van der Waals surface area contributed by atoms with Crippen LogP contribution in [0.15, 0.2) is 132 Å². The third-order valence-corrected chi connectivity index (χ3v) is 18.1. The Kier molecular flexibility index (Phi) is 14.4. The van der Waals surface area contributed by atoms with Crippen LogP contribution < -0.4 is 48.3 Å². The molecule has 6 heterocycles. The number of nitrogens with zero attached hydrogens (tertiary/aromatic N) is 8. The van der Waals surface area contributed by atoms with Crippen LogP contribution in [0.1, 0.15) is 48.2 Å². The Balaban J connectivity index is 0.729. The number of fused-ring (bicyclic) bond motifs is 3. The number of rotatable bonds is 13. The van der Waals surface area contributed by atoms with Gasteiger partial charge in [0.1, 0.15) is 32.8 Å². The molecule has 1 aliphatic carbocycles. The van der Waals surface area contributed by atoms with Crippen molar-refractivity contribution in [2.45, 2.75) is 25.8 Å². The normalized spacial score (nSPS) is 14.7. The number of amides is 3. The summed E-state index contributed by atoms with van der Waals surface area (Å²) in [5, 5.41) is 15.5. The maximum absolute atomic E-state index is 14.8. The molecule has 3 aliphatic heterocycles. The lowest BCUT2D eigenvalue weighted by molar-refractivity contribution is 0.0974. The van der Waals surface area contributed by atoms with E-state index >= 15 is 0 Å². The van der Waals surface area contributed by atoms with Gasteiger partial charge in [0.2, 0.25) is 0 Å². The van der Waals surface area contributed by atoms with Crippen molar-refractivity contribution < 1.29 is 33.3 Å². The first kappa shape index (κ1) is 54.0. The van der Waals surface area contributed by atoms with Crippen LogP contribution in [-0.4, -0.2) is 99.6 Å². The highest BCUT2D eigenvalue weighted by Gasteiger charge is 2.37. The highest BCUT2D eigenvalue weighted by Crippen LogP contribution is 2.48. The van der Waals surface area contributed by atoms with Crippen LogP contribution >= 0.6 is 57.5 Å². The zero-order valence-corrected chi connectivity index (χ0v) is 49.2. The predicted octanol–water partition coefficient (Wildman–Crippen LogP) is 14.7. The van der Waals surface area contributed by atoms with Gasteiger partial charge in [-0.2, -0.15) is 0 Å². The second kappa shape index (κ2) is 22.1. The summed E-state index contributed by atoms with van der Waals surface area (Å²) in [7, 11) is 5.52. The molecule has 3 aromatic heterocycles. The summed E-state index contributed by atoms with van der Waals surface area (Å²) < 4.78 is 24.5. The Bertz CT molecular complexity index is 4050. The molecule has 420 valence electrons. The second-order valence-corrected chi connectivity index (χ2v) is 23.7. The third kappa shape index (κ3) is 10.2. The fourth-order valence-electron chi connectivity index (χ4n) is 11.0. The Labute approximate surface area is 501 Å². The van der Waals surface area contributed by atoms with Crippen LogP contribution in [0.2, 0.25) is 15.1 Å². The van der Waals surface area contributed by atoms with Gasteiger partial charge in [0, 0.05) is 87.1 Å². The molecule has 21 heteroatoms. The Morgan fingerprint density at radius 3 is 1.75 bits per heavy atom. The van der Waals surface area contributed by atoms with Gasteiger partial charge in [-0.1, -0.05) is 75.4 Å². The number of aromatic nitrogens is 3. The van der Waals surface area contributed by atoms with Crippen molar-refractivity contribution in [2.24, 2.45) is 0 Å². The molecule has 6 aromatic carbocycles. The number of hydrogen-bond acceptors (Lipinski definition) is 14. The van der Waals surface area contributed by atoms with Crippen LogP contribution in [0.5, 0.6) is 40.4 Å². The van der Waals surface area contributed by atoms with Crippen molar-refractivity contribution in [3.63, 3.8) is 0 Å². The molecule has 1 N–H and O–H groups in total. The number of methoxy groups -OCH3 is 1. The smallest absolute Gasteiger partial charge is 0.282 e. The number of thiophene rings is 2. The molecule has 16 nitrogen and oxygen atoms in total. The highest BCUT2D eigenvalue weighted by atomic mass is 35.5. The minimum Gasteiger partial charge on any atom is -0.497 e. The van der Waals surface area contributed by atoms with E-state index in [1.807, 2.05) is 97.3 Å². The molecule has 3 amide bonds. The van der Waals surface area contributed by atoms with Gasteiger partial charge in [-0.25, -0.2) is 5.10 Å². The summed E-state index contributed by atoms with van der Waals surface area (Å²) >= 11 is 23.6. The summed E-state index contributed by atoms with van der Waals surface area (Å²) in [6.07, 6.45) is 2.35. The van der Waals surface area contributed by atoms with E-state index in [9.17, 15) is 14.4 Å². The maximum Gasteiger partial charge on any atom is 0.282 e. The number of benzene rings is 6. The minimum atomic E-state index is -0.370. The van der Waals surface area contributed by atoms with E-state index in [2.05, 4.69) is 42.2 Å². The number of carbonyl (C=O) groups is 3. The molecular weight excluding hydrogens is 1150 g/mol. The van der Waals surface area contributed by atoms with Crippen LogP contribution in [0.25, 0.3) is 22.3 Å². The summed E-state index contributed by atoms with van der Waals surface area (Å²) in [4.78, 5) is 56.2. The van der Waals surface area contributed by atoms with E-state index in [1.54, 1.807) is 65.4 Å². The lowest BCUT2D eigenvalue weighted by atomic mass is 9.97. The van der Waals surface area contributed by atoms with Crippen molar-refractivity contribution in [3.8, 4) is 62.6 Å². The maximum atomic E-state index is 14.8. The largest absolute Gasteiger partial charge is 0.497 e. The van der Waals surface area contributed by atoms with Crippen LogP contribution in [-0.2, 0) is 0 Å². The van der Waals surface area contributed by atoms with E-state index in [-0.39, 0.29) is 40.1 Å². The van der Waals surface area contributed by atoms with Gasteiger partial charge in [-0.3, -0.25) is 14.4 Å². The van der Waals surface area contributed by atoms with E-state index in [0.29, 0.717) is 98.6 Å². The van der Waals surface area contributed by atoms with Crippen LogP contribution in [0, 0.1) is 6.92 Å². The van der Waals surface area contributed by atoms with E-state index < -0.39 is 0 Å². The van der Waals surface area contributed by atoms with Crippen LogP contribution in [0.3, 0.4) is 0 Å². The Morgan fingerprint density at radius 2 is 1.11 bits per heavy atom. The van der Waals surface area contributed by atoms with Gasteiger partial charge < -0.3 is 48.3 Å². The first-order valence-electron chi connectivity index (χ1n) is 26.9. The molecule has 4 aliphatic rings. The fourth-order valence-corrected chi connectivity index (χ4v) is 13.2. The zero-order chi connectivity index (χ0) is 57.2. The Morgan fingerprint density at radius 1 is 0.554 bits per heavy atom. The standard InChI is InChI=1S/C62H52Cl3N9O7S2/c1-35-43(30-38(63)32-53(35)80-51-18-26-82-57(51)62(77)74-25-24-71(40-14-15-40)45-10-5-6-11-46(45)74)36-12-16-48-49(28-36)70(3)21-23-73(48)61(76)58-52(19-27-83-58)81-54-33-39(64)31-44(55(54)65)37-13-17-47-50(29-37)69(2)20-22-72(47)60(75)56-59(67-68-66-56)79-42-9-7-8-41(34-42)78-4/h5-13,16-19,26-34,40H,14-15,20-25H2,1-4H3,(H,66,67,68). The molecular formula is C62H52Cl3N9O7S2. The monoisotopic (exact) mass is 1200 g/mol. The zero-order valence-electron chi connectivity index (χ0n) is 45.3. The van der Waals surface area contributed by atoms with E-state index in [0.717, 1.165) is 57.2 Å². The predicted molar refractivity (Wildman–Crippen MR) is 330 cm³/mol. The average Bonchev–Trinajstić information content (AvgIpc) is 4.05. The number of ether oxygens (including phenoxy) is 4. The lowest BCUT2D eigenvalue weighted by Gasteiger charge is -2.37. The summed E-state index contributed by atoms with van der Waals surface area (Å²) in [6, 6.07) is 38.0. The number of nitrogens with one attached hydrogen (secondary N) is 1.